The van der Waals surface area contributed by atoms with Crippen molar-refractivity contribution >= 4 is 5.91 Å². The molecule has 2 atom stereocenters. The van der Waals surface area contributed by atoms with Crippen LogP contribution in [0, 0.1) is 11.7 Å². The largest absolute Gasteiger partial charge is 0.493 e. The molecule has 2 aromatic carbocycles. The predicted molar refractivity (Wildman–Crippen MR) is 138 cm³/mol. The first-order valence-corrected chi connectivity index (χ1v) is 13.1. The summed E-state index contributed by atoms with van der Waals surface area (Å²) in [6.45, 7) is 3.22. The topological polar surface area (TPSA) is 69.7 Å². The molecule has 2 heterocycles. The van der Waals surface area contributed by atoms with Gasteiger partial charge in [0.15, 0.2) is 11.5 Å². The van der Waals surface area contributed by atoms with E-state index in [9.17, 15) is 9.18 Å². The summed E-state index contributed by atoms with van der Waals surface area (Å²) in [6, 6.07) is 13.8. The third kappa shape index (κ3) is 4.99. The summed E-state index contributed by atoms with van der Waals surface area (Å²) >= 11 is 0. The fraction of sp³-hybridized carbons (Fsp3) is 0.400. The van der Waals surface area contributed by atoms with Crippen LogP contribution in [0.5, 0.6) is 17.2 Å². The first kappa shape index (κ1) is 23.8. The Labute approximate surface area is 216 Å². The average Bonchev–Trinajstić information content (AvgIpc) is 3.85. The lowest BCUT2D eigenvalue weighted by Crippen LogP contribution is -2.29. The minimum Gasteiger partial charge on any atom is -0.493 e. The van der Waals surface area contributed by atoms with Gasteiger partial charge in [-0.25, -0.2) is 9.37 Å². The predicted octanol–water partition coefficient (Wildman–Crippen LogP) is 5.86. The van der Waals surface area contributed by atoms with Crippen molar-refractivity contribution in [3.8, 4) is 28.5 Å². The number of hydrogen-bond acceptors (Lipinski definition) is 5. The van der Waals surface area contributed by atoms with Crippen molar-refractivity contribution in [2.45, 2.75) is 50.5 Å². The molecule has 1 aliphatic heterocycles. The molecule has 3 aliphatic rings. The van der Waals surface area contributed by atoms with Crippen LogP contribution < -0.4 is 19.5 Å². The Bertz CT molecular complexity index is 1320. The molecule has 6 nitrogen and oxygen atoms in total. The molecule has 6 rings (SSSR count). The van der Waals surface area contributed by atoms with Crippen LogP contribution >= 0.6 is 0 Å². The van der Waals surface area contributed by atoms with Crippen LogP contribution in [0.25, 0.3) is 11.3 Å². The van der Waals surface area contributed by atoms with Crippen LogP contribution in [0.1, 0.15) is 66.1 Å². The maximum Gasteiger partial charge on any atom is 0.251 e. The molecule has 3 aromatic rings. The first-order chi connectivity index (χ1) is 18.0. The summed E-state index contributed by atoms with van der Waals surface area (Å²) in [5.74, 6) is 2.37. The van der Waals surface area contributed by atoms with Gasteiger partial charge in [0, 0.05) is 40.8 Å². The maximum atomic E-state index is 13.6. The summed E-state index contributed by atoms with van der Waals surface area (Å²) in [5.41, 5.74) is 4.17. The van der Waals surface area contributed by atoms with Gasteiger partial charge in [-0.05, 0) is 80.1 Å². The first-order valence-electron chi connectivity index (χ1n) is 13.1. The van der Waals surface area contributed by atoms with E-state index in [1.54, 1.807) is 31.4 Å². The van der Waals surface area contributed by atoms with Gasteiger partial charge in [-0.1, -0.05) is 6.92 Å². The molecule has 2 saturated carbocycles. The third-order valence-electron chi connectivity index (χ3n) is 7.45. The number of aromatic nitrogens is 1. The van der Waals surface area contributed by atoms with E-state index < -0.39 is 0 Å². The molecule has 1 N–H and O–H groups in total. The van der Waals surface area contributed by atoms with Gasteiger partial charge in [-0.3, -0.25) is 4.79 Å². The van der Waals surface area contributed by atoms with Gasteiger partial charge in [0.2, 0.25) is 0 Å². The molecule has 2 fully saturated rings. The SMILES string of the molecule is COc1cc(C(=O)NCC(c2cc3c(c(-c4ccc(F)cc4)n2)OCC3C)C2CC2)ccc1OC1CC1. The molecule has 2 aliphatic carbocycles. The van der Waals surface area contributed by atoms with E-state index in [2.05, 4.69) is 18.3 Å². The molecule has 192 valence electrons. The molecule has 7 heteroatoms. The second kappa shape index (κ2) is 9.69. The summed E-state index contributed by atoms with van der Waals surface area (Å²) < 4.78 is 31.0. The minimum atomic E-state index is -0.284. The van der Waals surface area contributed by atoms with Crippen molar-refractivity contribution in [3.05, 3.63) is 71.2 Å². The number of hydrogen-bond donors (Lipinski definition) is 1. The zero-order valence-corrected chi connectivity index (χ0v) is 21.1. The molecule has 0 radical (unpaired) electrons. The maximum absolute atomic E-state index is 13.6. The zero-order valence-electron chi connectivity index (χ0n) is 21.1. The smallest absolute Gasteiger partial charge is 0.251 e. The highest BCUT2D eigenvalue weighted by Gasteiger charge is 2.36. The second-order valence-electron chi connectivity index (χ2n) is 10.4. The molecule has 0 bridgehead atoms. The van der Waals surface area contributed by atoms with Gasteiger partial charge in [-0.2, -0.15) is 0 Å². The number of nitrogens with zero attached hydrogens (tertiary/aromatic N) is 1. The van der Waals surface area contributed by atoms with E-state index in [-0.39, 0.29) is 29.7 Å². The number of fused-ring (bicyclic) bond motifs is 1. The van der Waals surface area contributed by atoms with E-state index >= 15 is 0 Å². The van der Waals surface area contributed by atoms with Gasteiger partial charge in [0.25, 0.3) is 5.91 Å². The highest BCUT2D eigenvalue weighted by molar-refractivity contribution is 5.95. The van der Waals surface area contributed by atoms with Crippen LogP contribution in [0.4, 0.5) is 4.39 Å². The van der Waals surface area contributed by atoms with Crippen molar-refractivity contribution in [1.29, 1.82) is 0 Å². The van der Waals surface area contributed by atoms with E-state index in [0.29, 0.717) is 36.1 Å². The average molecular weight is 503 g/mol. The summed E-state index contributed by atoms with van der Waals surface area (Å²) in [4.78, 5) is 18.1. The Morgan fingerprint density at radius 1 is 1.11 bits per heavy atom. The van der Waals surface area contributed by atoms with Crippen LogP contribution in [0.15, 0.2) is 48.5 Å². The fourth-order valence-electron chi connectivity index (χ4n) is 4.97. The Morgan fingerprint density at radius 2 is 1.89 bits per heavy atom. The number of carbonyl (C=O) groups excluding carboxylic acids is 1. The lowest BCUT2D eigenvalue weighted by Gasteiger charge is -2.20. The normalized spacial score (nSPS) is 19.1. The Morgan fingerprint density at radius 3 is 2.59 bits per heavy atom. The number of rotatable bonds is 9. The van der Waals surface area contributed by atoms with Crippen molar-refractivity contribution in [2.24, 2.45) is 5.92 Å². The number of methoxy groups -OCH3 is 1. The van der Waals surface area contributed by atoms with Crippen LogP contribution in [0.2, 0.25) is 0 Å². The van der Waals surface area contributed by atoms with Crippen molar-refractivity contribution in [3.63, 3.8) is 0 Å². The highest BCUT2D eigenvalue weighted by atomic mass is 19.1. The van der Waals surface area contributed by atoms with Crippen molar-refractivity contribution in [2.75, 3.05) is 20.3 Å². The minimum absolute atomic E-state index is 0.0839. The molecule has 1 aromatic heterocycles. The van der Waals surface area contributed by atoms with Crippen molar-refractivity contribution < 1.29 is 23.4 Å². The number of nitrogens with one attached hydrogen (secondary N) is 1. The fourth-order valence-corrected chi connectivity index (χ4v) is 4.97. The Kier molecular flexibility index (Phi) is 6.22. The molecule has 1 amide bonds. The number of benzene rings is 2. The van der Waals surface area contributed by atoms with Gasteiger partial charge in [0.1, 0.15) is 17.3 Å². The number of amides is 1. The van der Waals surface area contributed by atoms with Gasteiger partial charge >= 0.3 is 0 Å². The second-order valence-corrected chi connectivity index (χ2v) is 10.4. The summed E-state index contributed by atoms with van der Waals surface area (Å²) in [7, 11) is 1.59. The van der Waals surface area contributed by atoms with Crippen LogP contribution in [-0.4, -0.2) is 37.3 Å². The number of pyridine rings is 1. The molecular formula is C30H31FN2O4. The van der Waals surface area contributed by atoms with Gasteiger partial charge in [0.05, 0.1) is 19.8 Å². The highest BCUT2D eigenvalue weighted by Crippen LogP contribution is 2.46. The Balaban J connectivity index is 1.25. The van der Waals surface area contributed by atoms with E-state index in [1.165, 1.54) is 12.1 Å². The van der Waals surface area contributed by atoms with Crippen molar-refractivity contribution in [1.82, 2.24) is 10.3 Å². The summed E-state index contributed by atoms with van der Waals surface area (Å²) in [5, 5.41) is 3.13. The lowest BCUT2D eigenvalue weighted by molar-refractivity contribution is 0.0949. The number of ether oxygens (including phenoxy) is 3. The van der Waals surface area contributed by atoms with E-state index in [1.807, 2.05) is 6.07 Å². The Hall–Kier alpha value is -3.61. The van der Waals surface area contributed by atoms with Gasteiger partial charge < -0.3 is 19.5 Å². The lowest BCUT2D eigenvalue weighted by atomic mass is 9.93. The third-order valence-corrected chi connectivity index (χ3v) is 7.45. The molecule has 0 spiro atoms. The molecule has 2 unspecified atom stereocenters. The molecule has 0 saturated heterocycles. The monoisotopic (exact) mass is 502 g/mol. The zero-order chi connectivity index (χ0) is 25.5. The van der Waals surface area contributed by atoms with Crippen LogP contribution in [0.3, 0.4) is 0 Å². The quantitative estimate of drug-likeness (QED) is 0.397. The molecular weight excluding hydrogens is 471 g/mol. The number of halogens is 1. The molecule has 37 heavy (non-hydrogen) atoms. The van der Waals surface area contributed by atoms with Gasteiger partial charge in [-0.15, -0.1) is 0 Å². The van der Waals surface area contributed by atoms with E-state index in [0.717, 1.165) is 53.9 Å². The standard InChI is InChI=1S/C30H31FN2O4/c1-17-16-36-29-23(17)14-25(33-28(29)19-5-8-21(31)9-6-19)24(18-3-4-18)15-32-30(34)20-7-12-26(27(13-20)35-2)37-22-10-11-22/h5-9,12-14,17-18,22,24H,3-4,10-11,15-16H2,1-2H3,(H,32,34). The number of carbonyl (C=O) groups is 1. The van der Waals surface area contributed by atoms with E-state index in [4.69, 9.17) is 19.2 Å². The van der Waals surface area contributed by atoms with Crippen LogP contribution in [-0.2, 0) is 0 Å². The summed E-state index contributed by atoms with van der Waals surface area (Å²) in [6.07, 6.45) is 4.58.